The Balaban J connectivity index is 3.08. The fraction of sp³-hybridized carbons (Fsp3) is 0.500. The number of hydrogen-bond acceptors (Lipinski definition) is 3. The van der Waals surface area contributed by atoms with E-state index in [1.165, 1.54) is 17.0 Å². The molecule has 0 saturated carbocycles. The Morgan fingerprint density at radius 2 is 1.78 bits per heavy atom. The summed E-state index contributed by atoms with van der Waals surface area (Å²) in [4.78, 5) is 3.56. The maximum atomic E-state index is 12.2. The van der Waals surface area contributed by atoms with E-state index in [4.69, 9.17) is 0 Å². The molecule has 0 spiro atoms. The van der Waals surface area contributed by atoms with E-state index in [9.17, 15) is 21.6 Å². The smallest absolute Gasteiger partial charge is 0.260 e. The van der Waals surface area contributed by atoms with Crippen LogP contribution in [-0.4, -0.2) is 18.9 Å². The number of sulfonamides is 1. The Bertz CT molecular complexity index is 533. The lowest BCUT2D eigenvalue weighted by molar-refractivity contribution is -0.0429. The first-order valence-corrected chi connectivity index (χ1v) is 6.47. The molecule has 102 valence electrons. The fourth-order valence-electron chi connectivity index (χ4n) is 1.15. The van der Waals surface area contributed by atoms with Crippen LogP contribution in [0.3, 0.4) is 0 Å². The molecule has 0 aliphatic heterocycles. The van der Waals surface area contributed by atoms with Crippen molar-refractivity contribution >= 4 is 15.8 Å². The molecule has 8 heteroatoms. The molecule has 0 bridgehead atoms. The Hall–Kier alpha value is -1.31. The van der Waals surface area contributed by atoms with E-state index < -0.39 is 15.5 Å². The second-order valence-corrected chi connectivity index (χ2v) is 6.40. The Labute approximate surface area is 103 Å². The summed E-state index contributed by atoms with van der Waals surface area (Å²) >= 11 is 0. The third kappa shape index (κ3) is 3.34. The van der Waals surface area contributed by atoms with E-state index >= 15 is 0 Å². The average molecular weight is 282 g/mol. The van der Waals surface area contributed by atoms with Crippen LogP contribution in [0.1, 0.15) is 26.3 Å². The Morgan fingerprint density at radius 1 is 1.22 bits per heavy atom. The zero-order valence-corrected chi connectivity index (χ0v) is 10.9. The highest BCUT2D eigenvalue weighted by Gasteiger charge is 2.46. The second kappa shape index (κ2) is 4.42. The molecule has 0 aliphatic rings. The molecule has 1 aromatic heterocycles. The van der Waals surface area contributed by atoms with E-state index in [1.54, 1.807) is 6.07 Å². The number of hydrogen-bond donors (Lipinski definition) is 1. The van der Waals surface area contributed by atoms with Crippen molar-refractivity contribution < 1.29 is 21.6 Å². The SMILES string of the molecule is CC(C)(C)c1ccnc(NS(=O)(=O)C(F)(F)F)c1. The maximum Gasteiger partial charge on any atom is 0.516 e. The lowest BCUT2D eigenvalue weighted by Gasteiger charge is -2.19. The van der Waals surface area contributed by atoms with Crippen LogP contribution in [0.4, 0.5) is 19.0 Å². The van der Waals surface area contributed by atoms with Gasteiger partial charge in [0.1, 0.15) is 5.82 Å². The van der Waals surface area contributed by atoms with Gasteiger partial charge in [0.25, 0.3) is 0 Å². The molecule has 1 heterocycles. The molecule has 1 aromatic rings. The van der Waals surface area contributed by atoms with Gasteiger partial charge in [-0.15, -0.1) is 0 Å². The van der Waals surface area contributed by atoms with E-state index in [0.717, 1.165) is 0 Å². The van der Waals surface area contributed by atoms with Gasteiger partial charge in [-0.3, -0.25) is 4.72 Å². The number of nitrogens with zero attached hydrogens (tertiary/aromatic N) is 1. The number of halogens is 3. The fourth-order valence-corrected chi connectivity index (χ4v) is 1.65. The van der Waals surface area contributed by atoms with Gasteiger partial charge in [0, 0.05) is 6.20 Å². The van der Waals surface area contributed by atoms with E-state index in [1.807, 2.05) is 20.8 Å². The third-order valence-electron chi connectivity index (χ3n) is 2.17. The summed E-state index contributed by atoms with van der Waals surface area (Å²) in [6.45, 7) is 5.55. The molecular weight excluding hydrogens is 269 g/mol. The zero-order valence-electron chi connectivity index (χ0n) is 10.0. The molecule has 0 fully saturated rings. The normalized spacial score (nSPS) is 13.4. The largest absolute Gasteiger partial charge is 0.516 e. The number of rotatable bonds is 2. The molecule has 1 rings (SSSR count). The summed E-state index contributed by atoms with van der Waals surface area (Å²) in [6, 6.07) is 2.90. The average Bonchev–Trinajstić information content (AvgIpc) is 2.14. The predicted octanol–water partition coefficient (Wildman–Crippen LogP) is 2.64. The summed E-state index contributed by atoms with van der Waals surface area (Å²) in [7, 11) is -5.43. The minimum absolute atomic E-state index is 0.318. The number of aromatic nitrogens is 1. The van der Waals surface area contributed by atoms with Crippen LogP contribution in [0.2, 0.25) is 0 Å². The number of alkyl halides is 3. The van der Waals surface area contributed by atoms with E-state index in [0.29, 0.717) is 5.56 Å². The Morgan fingerprint density at radius 3 is 2.22 bits per heavy atom. The number of nitrogens with one attached hydrogen (secondary N) is 1. The molecule has 0 atom stereocenters. The first kappa shape index (κ1) is 14.7. The summed E-state index contributed by atoms with van der Waals surface area (Å²) < 4.78 is 59.7. The lowest BCUT2D eigenvalue weighted by Crippen LogP contribution is -2.30. The van der Waals surface area contributed by atoms with Gasteiger partial charge < -0.3 is 0 Å². The molecule has 18 heavy (non-hydrogen) atoms. The zero-order chi connectivity index (χ0) is 14.2. The van der Waals surface area contributed by atoms with Crippen LogP contribution in [0, 0.1) is 0 Å². The number of anilines is 1. The van der Waals surface area contributed by atoms with Gasteiger partial charge in [-0.2, -0.15) is 21.6 Å². The molecule has 0 aliphatic carbocycles. The van der Waals surface area contributed by atoms with Crippen LogP contribution in [0.5, 0.6) is 0 Å². The van der Waals surface area contributed by atoms with Crippen molar-refractivity contribution in [2.45, 2.75) is 31.7 Å². The standard InChI is InChI=1S/C10H13F3N2O2S/c1-9(2,3)7-4-5-14-8(6-7)15-18(16,17)10(11,12)13/h4-6H,1-3H3,(H,14,15). The topological polar surface area (TPSA) is 59.1 Å². The van der Waals surface area contributed by atoms with Gasteiger partial charge in [0.15, 0.2) is 0 Å². The molecular formula is C10H13F3N2O2S. The van der Waals surface area contributed by atoms with Crippen molar-refractivity contribution in [3.63, 3.8) is 0 Å². The van der Waals surface area contributed by atoms with Crippen molar-refractivity contribution in [3.8, 4) is 0 Å². The van der Waals surface area contributed by atoms with Gasteiger partial charge in [0.05, 0.1) is 0 Å². The molecule has 0 amide bonds. The van der Waals surface area contributed by atoms with Crippen LogP contribution in [0.25, 0.3) is 0 Å². The quantitative estimate of drug-likeness (QED) is 0.907. The third-order valence-corrected chi connectivity index (χ3v) is 3.26. The molecule has 0 saturated heterocycles. The highest BCUT2D eigenvalue weighted by atomic mass is 32.2. The summed E-state index contributed by atoms with van der Waals surface area (Å²) in [5, 5.41) is 0. The van der Waals surface area contributed by atoms with Crippen molar-refractivity contribution in [2.24, 2.45) is 0 Å². The van der Waals surface area contributed by atoms with E-state index in [-0.39, 0.29) is 11.2 Å². The number of pyridine rings is 1. The van der Waals surface area contributed by atoms with Gasteiger partial charge in [0.2, 0.25) is 0 Å². The molecule has 1 N–H and O–H groups in total. The van der Waals surface area contributed by atoms with Gasteiger partial charge in [-0.05, 0) is 23.1 Å². The van der Waals surface area contributed by atoms with Gasteiger partial charge in [-0.1, -0.05) is 20.8 Å². The van der Waals surface area contributed by atoms with Crippen LogP contribution in [-0.2, 0) is 15.4 Å². The second-order valence-electron chi connectivity index (χ2n) is 4.73. The maximum absolute atomic E-state index is 12.2. The minimum atomic E-state index is -5.43. The Kier molecular flexibility index (Phi) is 3.62. The summed E-state index contributed by atoms with van der Waals surface area (Å²) in [5.74, 6) is -0.347. The van der Waals surface area contributed by atoms with Crippen molar-refractivity contribution in [3.05, 3.63) is 23.9 Å². The van der Waals surface area contributed by atoms with E-state index in [2.05, 4.69) is 4.98 Å². The molecule has 4 nitrogen and oxygen atoms in total. The van der Waals surface area contributed by atoms with Gasteiger partial charge in [-0.25, -0.2) is 4.98 Å². The predicted molar refractivity (Wildman–Crippen MR) is 61.5 cm³/mol. The molecule has 0 unspecified atom stereocenters. The van der Waals surface area contributed by atoms with Crippen molar-refractivity contribution in [1.82, 2.24) is 4.98 Å². The van der Waals surface area contributed by atoms with Crippen LogP contribution < -0.4 is 4.72 Å². The van der Waals surface area contributed by atoms with Crippen LogP contribution in [0.15, 0.2) is 18.3 Å². The van der Waals surface area contributed by atoms with Crippen molar-refractivity contribution in [1.29, 1.82) is 0 Å². The summed E-state index contributed by atoms with van der Waals surface area (Å²) in [5.41, 5.74) is -4.99. The van der Waals surface area contributed by atoms with Crippen molar-refractivity contribution in [2.75, 3.05) is 4.72 Å². The van der Waals surface area contributed by atoms with Gasteiger partial charge >= 0.3 is 15.5 Å². The van der Waals surface area contributed by atoms with Crippen LogP contribution >= 0.6 is 0 Å². The highest BCUT2D eigenvalue weighted by Crippen LogP contribution is 2.27. The summed E-state index contributed by atoms with van der Waals surface area (Å²) in [6.07, 6.45) is 1.26. The lowest BCUT2D eigenvalue weighted by atomic mass is 9.88. The molecule has 0 aromatic carbocycles. The molecule has 0 radical (unpaired) electrons. The highest BCUT2D eigenvalue weighted by molar-refractivity contribution is 7.93. The first-order chi connectivity index (χ1) is 7.93. The minimum Gasteiger partial charge on any atom is -0.260 e. The monoisotopic (exact) mass is 282 g/mol. The first-order valence-electron chi connectivity index (χ1n) is 4.99.